The molecule has 2 nitrogen and oxygen atoms in total. The zero-order valence-electron chi connectivity index (χ0n) is 5.70. The van der Waals surface area contributed by atoms with Crippen molar-refractivity contribution in [1.29, 1.82) is 0 Å². The van der Waals surface area contributed by atoms with Crippen LogP contribution in [0.5, 0.6) is 0 Å². The van der Waals surface area contributed by atoms with Gasteiger partial charge >= 0.3 is 0 Å². The molecule has 0 saturated heterocycles. The summed E-state index contributed by atoms with van der Waals surface area (Å²) in [4.78, 5) is 1.03. The van der Waals surface area contributed by atoms with Crippen molar-refractivity contribution in [3.63, 3.8) is 0 Å². The highest BCUT2D eigenvalue weighted by Gasteiger charge is 1.91. The average Bonchev–Trinajstić information content (AvgIpc) is 1.88. The Hall–Kier alpha value is -0.510. The number of hydrogen-bond donors (Lipinski definition) is 1. The van der Waals surface area contributed by atoms with Gasteiger partial charge in [-0.05, 0) is 24.6 Å². The molecule has 54 valence electrons. The molecule has 0 atom stereocenters. The summed E-state index contributed by atoms with van der Waals surface area (Å²) in [7, 11) is 0. The maximum Gasteiger partial charge on any atom is 0.0521 e. The van der Waals surface area contributed by atoms with E-state index in [0.717, 1.165) is 4.90 Å². The summed E-state index contributed by atoms with van der Waals surface area (Å²) in [5, 5.41) is 0. The van der Waals surface area contributed by atoms with E-state index in [1.54, 1.807) is 0 Å². The van der Waals surface area contributed by atoms with Gasteiger partial charge in [0.2, 0.25) is 0 Å². The van der Waals surface area contributed by atoms with Crippen LogP contribution in [-0.2, 0) is 4.28 Å². The first-order valence-corrected chi connectivity index (χ1v) is 3.67. The third-order valence-corrected chi connectivity index (χ3v) is 1.68. The molecule has 2 N–H and O–H groups in total. The van der Waals surface area contributed by atoms with Crippen LogP contribution < -0.4 is 5.90 Å². The van der Waals surface area contributed by atoms with Crippen LogP contribution in [0.15, 0.2) is 29.2 Å². The normalized spacial score (nSPS) is 9.80. The van der Waals surface area contributed by atoms with E-state index in [1.807, 2.05) is 31.2 Å². The molecule has 0 heterocycles. The smallest absolute Gasteiger partial charge is 0.0521 e. The van der Waals surface area contributed by atoms with Crippen LogP contribution in [0.25, 0.3) is 0 Å². The molecule has 1 aromatic carbocycles. The van der Waals surface area contributed by atoms with Gasteiger partial charge in [-0.1, -0.05) is 12.1 Å². The maximum absolute atomic E-state index is 4.87. The first-order valence-electron chi connectivity index (χ1n) is 2.93. The average molecular weight is 155 g/mol. The Morgan fingerprint density at radius 1 is 1.50 bits per heavy atom. The van der Waals surface area contributed by atoms with Crippen molar-refractivity contribution in [3.8, 4) is 0 Å². The second kappa shape index (κ2) is 3.61. The summed E-state index contributed by atoms with van der Waals surface area (Å²) < 4.78 is 4.40. The number of rotatable bonds is 2. The highest BCUT2D eigenvalue weighted by atomic mass is 32.2. The molecule has 0 aliphatic heterocycles. The summed E-state index contributed by atoms with van der Waals surface area (Å²) in [5.41, 5.74) is 1.21. The largest absolute Gasteiger partial charge is 0.229 e. The van der Waals surface area contributed by atoms with E-state index >= 15 is 0 Å². The van der Waals surface area contributed by atoms with Gasteiger partial charge in [0.25, 0.3) is 0 Å². The Labute approximate surface area is 64.5 Å². The molecule has 0 bridgehead atoms. The van der Waals surface area contributed by atoms with Crippen molar-refractivity contribution < 1.29 is 4.28 Å². The molecule has 0 aliphatic rings. The van der Waals surface area contributed by atoms with E-state index in [9.17, 15) is 0 Å². The van der Waals surface area contributed by atoms with E-state index in [0.29, 0.717) is 0 Å². The van der Waals surface area contributed by atoms with Gasteiger partial charge < -0.3 is 0 Å². The molecule has 0 amide bonds. The quantitative estimate of drug-likeness (QED) is 0.523. The van der Waals surface area contributed by atoms with E-state index in [4.69, 9.17) is 5.90 Å². The van der Waals surface area contributed by atoms with Crippen molar-refractivity contribution in [3.05, 3.63) is 29.8 Å². The second-order valence-electron chi connectivity index (χ2n) is 2.00. The number of benzene rings is 1. The van der Waals surface area contributed by atoms with Crippen molar-refractivity contribution in [2.75, 3.05) is 0 Å². The molecular formula is C7H9NOS. The maximum atomic E-state index is 4.87. The van der Waals surface area contributed by atoms with E-state index in [1.165, 1.54) is 17.6 Å². The second-order valence-corrected chi connectivity index (χ2v) is 2.83. The summed E-state index contributed by atoms with van der Waals surface area (Å²) in [6, 6.07) is 7.96. The van der Waals surface area contributed by atoms with Gasteiger partial charge in [0.15, 0.2) is 0 Å². The Kier molecular flexibility index (Phi) is 2.74. The molecule has 0 aromatic heterocycles. The van der Waals surface area contributed by atoms with Crippen molar-refractivity contribution >= 4 is 12.0 Å². The zero-order chi connectivity index (χ0) is 7.40. The van der Waals surface area contributed by atoms with Gasteiger partial charge in [-0.3, -0.25) is 0 Å². The summed E-state index contributed by atoms with van der Waals surface area (Å²) in [6.07, 6.45) is 0. The topological polar surface area (TPSA) is 35.2 Å². The molecule has 10 heavy (non-hydrogen) atoms. The van der Waals surface area contributed by atoms with Crippen molar-refractivity contribution in [2.45, 2.75) is 11.8 Å². The molecule has 0 spiro atoms. The van der Waals surface area contributed by atoms with Gasteiger partial charge in [-0.25, -0.2) is 10.2 Å². The highest BCUT2D eigenvalue weighted by molar-refractivity contribution is 7.94. The molecule has 0 fully saturated rings. The standard InChI is InChI=1S/C7H9NOS/c1-6-3-2-4-7(5-6)10-9-8/h2-5H,8H2,1H3. The van der Waals surface area contributed by atoms with E-state index < -0.39 is 0 Å². The Balaban J connectivity index is 2.75. The van der Waals surface area contributed by atoms with Crippen molar-refractivity contribution in [1.82, 2.24) is 0 Å². The fraction of sp³-hybridized carbons (Fsp3) is 0.143. The molecule has 0 unspecified atom stereocenters. The summed E-state index contributed by atoms with van der Waals surface area (Å²) >= 11 is 1.17. The number of nitrogens with two attached hydrogens (primary N) is 1. The molecule has 0 aliphatic carbocycles. The van der Waals surface area contributed by atoms with Gasteiger partial charge in [-0.2, -0.15) is 0 Å². The fourth-order valence-electron chi connectivity index (χ4n) is 0.723. The molecule has 1 rings (SSSR count). The monoisotopic (exact) mass is 155 g/mol. The minimum Gasteiger partial charge on any atom is -0.229 e. The third-order valence-electron chi connectivity index (χ3n) is 1.13. The molecule has 0 radical (unpaired) electrons. The van der Waals surface area contributed by atoms with Crippen LogP contribution in [0.1, 0.15) is 5.56 Å². The summed E-state index contributed by atoms with van der Waals surface area (Å²) in [6.45, 7) is 2.03. The lowest BCUT2D eigenvalue weighted by Crippen LogP contribution is -1.87. The van der Waals surface area contributed by atoms with Gasteiger partial charge in [0.1, 0.15) is 0 Å². The SMILES string of the molecule is Cc1cccc(SON)c1. The van der Waals surface area contributed by atoms with Crippen LogP contribution in [0.3, 0.4) is 0 Å². The summed E-state index contributed by atoms with van der Waals surface area (Å²) in [5.74, 6) is 4.87. The number of hydrogen-bond acceptors (Lipinski definition) is 3. The minimum absolute atomic E-state index is 1.03. The molecule has 3 heteroatoms. The fourth-order valence-corrected chi connectivity index (χ4v) is 1.20. The minimum atomic E-state index is 1.03. The first-order chi connectivity index (χ1) is 4.83. The van der Waals surface area contributed by atoms with Crippen LogP contribution in [-0.4, -0.2) is 0 Å². The lowest BCUT2D eigenvalue weighted by atomic mass is 10.2. The van der Waals surface area contributed by atoms with Gasteiger partial charge in [-0.15, -0.1) is 0 Å². The lowest BCUT2D eigenvalue weighted by Gasteiger charge is -1.96. The third kappa shape index (κ3) is 2.02. The van der Waals surface area contributed by atoms with Crippen LogP contribution >= 0.6 is 12.0 Å². The van der Waals surface area contributed by atoms with Crippen molar-refractivity contribution in [2.24, 2.45) is 5.90 Å². The van der Waals surface area contributed by atoms with E-state index in [2.05, 4.69) is 4.28 Å². The number of aryl methyl sites for hydroxylation is 1. The van der Waals surface area contributed by atoms with Gasteiger partial charge in [0, 0.05) is 4.90 Å². The van der Waals surface area contributed by atoms with Crippen LogP contribution in [0.2, 0.25) is 0 Å². The molecular weight excluding hydrogens is 146 g/mol. The van der Waals surface area contributed by atoms with E-state index in [-0.39, 0.29) is 0 Å². The highest BCUT2D eigenvalue weighted by Crippen LogP contribution is 2.17. The lowest BCUT2D eigenvalue weighted by molar-refractivity contribution is 0.398. The Morgan fingerprint density at radius 2 is 2.30 bits per heavy atom. The molecule has 0 saturated carbocycles. The Morgan fingerprint density at radius 3 is 2.90 bits per heavy atom. The van der Waals surface area contributed by atoms with Crippen LogP contribution in [0, 0.1) is 6.92 Å². The van der Waals surface area contributed by atoms with Gasteiger partial charge in [0.05, 0.1) is 12.0 Å². The van der Waals surface area contributed by atoms with Crippen LogP contribution in [0.4, 0.5) is 0 Å². The predicted octanol–water partition coefficient (Wildman–Crippen LogP) is 1.89. The first kappa shape index (κ1) is 7.60. The zero-order valence-corrected chi connectivity index (χ0v) is 6.52. The predicted molar refractivity (Wildman–Crippen MR) is 42.3 cm³/mol. The Bertz CT molecular complexity index is 215. The molecule has 1 aromatic rings.